The van der Waals surface area contributed by atoms with Crippen LogP contribution in [0.3, 0.4) is 0 Å². The summed E-state index contributed by atoms with van der Waals surface area (Å²) in [6.45, 7) is 6.55. The molecule has 1 aliphatic heterocycles. The molecule has 0 aliphatic carbocycles. The van der Waals surface area contributed by atoms with Crippen molar-refractivity contribution < 1.29 is 4.39 Å². The van der Waals surface area contributed by atoms with Gasteiger partial charge < -0.3 is 5.32 Å². The van der Waals surface area contributed by atoms with Gasteiger partial charge in [0.25, 0.3) is 0 Å². The maximum absolute atomic E-state index is 13.2. The van der Waals surface area contributed by atoms with Gasteiger partial charge in [0.2, 0.25) is 0 Å². The number of nitrogens with one attached hydrogen (secondary N) is 1. The molecule has 0 spiro atoms. The van der Waals surface area contributed by atoms with E-state index < -0.39 is 0 Å². The van der Waals surface area contributed by atoms with Crippen molar-refractivity contribution in [3.63, 3.8) is 0 Å². The Morgan fingerprint density at radius 2 is 2.25 bits per heavy atom. The van der Waals surface area contributed by atoms with E-state index in [1.54, 1.807) is 12.1 Å². The van der Waals surface area contributed by atoms with Crippen LogP contribution in [0.2, 0.25) is 0 Å². The Morgan fingerprint density at radius 1 is 1.44 bits per heavy atom. The lowest BCUT2D eigenvalue weighted by Crippen LogP contribution is -2.36. The molecular weight excluding hydrogens is 201 g/mol. The van der Waals surface area contributed by atoms with E-state index in [-0.39, 0.29) is 5.82 Å². The quantitative estimate of drug-likeness (QED) is 0.809. The number of rotatable bonds is 2. The minimum atomic E-state index is -0.109. The van der Waals surface area contributed by atoms with E-state index in [1.807, 2.05) is 6.07 Å². The molecule has 88 valence electrons. The lowest BCUT2D eigenvalue weighted by molar-refractivity contribution is 0.271. The molecule has 2 heteroatoms. The van der Waals surface area contributed by atoms with Crippen LogP contribution in [0.25, 0.3) is 0 Å². The van der Waals surface area contributed by atoms with Crippen LogP contribution < -0.4 is 5.32 Å². The fourth-order valence-corrected chi connectivity index (χ4v) is 2.51. The Morgan fingerprint density at radius 3 is 3.00 bits per heavy atom. The normalized spacial score (nSPS) is 25.7. The molecule has 1 aromatic carbocycles. The standard InChI is InChI=1S/C14H20FN/c1-10-3-4-14(15)8-13(10)7-12-5-6-16-9-11(12)2/h3-4,8,11-12,16H,5-7,9H2,1-2H3. The van der Waals surface area contributed by atoms with Crippen molar-refractivity contribution >= 4 is 0 Å². The average Bonchev–Trinajstić information content (AvgIpc) is 2.27. The molecule has 0 aromatic heterocycles. The van der Waals surface area contributed by atoms with Gasteiger partial charge in [0.1, 0.15) is 5.82 Å². The third kappa shape index (κ3) is 2.62. The molecule has 16 heavy (non-hydrogen) atoms. The molecule has 0 amide bonds. The minimum Gasteiger partial charge on any atom is -0.316 e. The van der Waals surface area contributed by atoms with Crippen molar-refractivity contribution in [3.05, 3.63) is 35.1 Å². The first-order valence-electron chi connectivity index (χ1n) is 6.12. The molecule has 1 fully saturated rings. The van der Waals surface area contributed by atoms with Gasteiger partial charge >= 0.3 is 0 Å². The molecule has 2 rings (SSSR count). The molecule has 1 N–H and O–H groups in total. The highest BCUT2D eigenvalue weighted by atomic mass is 19.1. The Balaban J connectivity index is 2.10. The number of piperidine rings is 1. The third-order valence-corrected chi connectivity index (χ3v) is 3.76. The van der Waals surface area contributed by atoms with Crippen LogP contribution in [0.5, 0.6) is 0 Å². The Bertz CT molecular complexity index is 362. The summed E-state index contributed by atoms with van der Waals surface area (Å²) in [5, 5.41) is 3.40. The molecule has 1 aromatic rings. The van der Waals surface area contributed by atoms with Crippen LogP contribution in [-0.4, -0.2) is 13.1 Å². The lowest BCUT2D eigenvalue weighted by atomic mass is 9.82. The second kappa shape index (κ2) is 4.96. The van der Waals surface area contributed by atoms with Crippen LogP contribution in [0.15, 0.2) is 18.2 Å². The average molecular weight is 221 g/mol. The predicted octanol–water partition coefficient (Wildman–Crippen LogP) is 2.92. The molecule has 1 nitrogen and oxygen atoms in total. The second-order valence-corrected chi connectivity index (χ2v) is 5.01. The summed E-state index contributed by atoms with van der Waals surface area (Å²) >= 11 is 0. The van der Waals surface area contributed by atoms with Crippen molar-refractivity contribution in [1.82, 2.24) is 5.32 Å². The van der Waals surface area contributed by atoms with Gasteiger partial charge in [-0.2, -0.15) is 0 Å². The Hall–Kier alpha value is -0.890. The van der Waals surface area contributed by atoms with Gasteiger partial charge in [0.05, 0.1) is 0 Å². The number of aryl methyl sites for hydroxylation is 1. The van der Waals surface area contributed by atoms with Gasteiger partial charge in [-0.3, -0.25) is 0 Å². The van der Waals surface area contributed by atoms with Crippen LogP contribution in [0.4, 0.5) is 4.39 Å². The molecular formula is C14H20FN. The van der Waals surface area contributed by atoms with E-state index in [2.05, 4.69) is 19.2 Å². The largest absolute Gasteiger partial charge is 0.316 e. The summed E-state index contributed by atoms with van der Waals surface area (Å²) < 4.78 is 13.2. The molecule has 0 radical (unpaired) electrons. The fraction of sp³-hybridized carbons (Fsp3) is 0.571. The minimum absolute atomic E-state index is 0.109. The summed E-state index contributed by atoms with van der Waals surface area (Å²) in [6, 6.07) is 5.13. The highest BCUT2D eigenvalue weighted by molar-refractivity contribution is 5.27. The lowest BCUT2D eigenvalue weighted by Gasteiger charge is -2.30. The van der Waals surface area contributed by atoms with Crippen LogP contribution >= 0.6 is 0 Å². The van der Waals surface area contributed by atoms with Gasteiger partial charge in [-0.25, -0.2) is 4.39 Å². The second-order valence-electron chi connectivity index (χ2n) is 5.01. The summed E-state index contributed by atoms with van der Waals surface area (Å²) in [5.74, 6) is 1.28. The van der Waals surface area contributed by atoms with Gasteiger partial charge in [-0.1, -0.05) is 13.0 Å². The Labute approximate surface area is 97.1 Å². The zero-order chi connectivity index (χ0) is 11.5. The zero-order valence-corrected chi connectivity index (χ0v) is 10.1. The SMILES string of the molecule is Cc1ccc(F)cc1CC1CCNCC1C. The molecule has 2 atom stereocenters. The summed E-state index contributed by atoms with van der Waals surface area (Å²) in [7, 11) is 0. The first-order valence-corrected chi connectivity index (χ1v) is 6.12. The summed E-state index contributed by atoms with van der Waals surface area (Å²) in [4.78, 5) is 0. The molecule has 1 aliphatic rings. The third-order valence-electron chi connectivity index (χ3n) is 3.76. The van der Waals surface area contributed by atoms with Crippen molar-refractivity contribution in [2.45, 2.75) is 26.7 Å². The van der Waals surface area contributed by atoms with Gasteiger partial charge in [0, 0.05) is 0 Å². The number of hydrogen-bond acceptors (Lipinski definition) is 1. The van der Waals surface area contributed by atoms with Gasteiger partial charge in [-0.15, -0.1) is 0 Å². The highest BCUT2D eigenvalue weighted by Gasteiger charge is 2.21. The van der Waals surface area contributed by atoms with Crippen molar-refractivity contribution in [2.24, 2.45) is 11.8 Å². The van der Waals surface area contributed by atoms with E-state index in [1.165, 1.54) is 17.5 Å². The molecule has 0 saturated carbocycles. The van der Waals surface area contributed by atoms with Gasteiger partial charge in [-0.05, 0) is 68.0 Å². The molecule has 0 bridgehead atoms. The van der Waals surface area contributed by atoms with Crippen molar-refractivity contribution in [1.29, 1.82) is 0 Å². The maximum Gasteiger partial charge on any atom is 0.123 e. The highest BCUT2D eigenvalue weighted by Crippen LogP contribution is 2.25. The molecule has 1 saturated heterocycles. The number of halogens is 1. The van der Waals surface area contributed by atoms with E-state index in [0.29, 0.717) is 11.8 Å². The van der Waals surface area contributed by atoms with E-state index in [4.69, 9.17) is 0 Å². The smallest absolute Gasteiger partial charge is 0.123 e. The van der Waals surface area contributed by atoms with E-state index in [9.17, 15) is 4.39 Å². The molecule has 1 heterocycles. The number of benzene rings is 1. The monoisotopic (exact) mass is 221 g/mol. The topological polar surface area (TPSA) is 12.0 Å². The summed E-state index contributed by atoms with van der Waals surface area (Å²) in [5.41, 5.74) is 2.39. The van der Waals surface area contributed by atoms with Crippen LogP contribution in [-0.2, 0) is 6.42 Å². The van der Waals surface area contributed by atoms with Crippen LogP contribution in [0.1, 0.15) is 24.5 Å². The Kier molecular flexibility index (Phi) is 3.59. The van der Waals surface area contributed by atoms with E-state index in [0.717, 1.165) is 19.5 Å². The van der Waals surface area contributed by atoms with Crippen LogP contribution in [0, 0.1) is 24.6 Å². The first-order chi connectivity index (χ1) is 7.66. The zero-order valence-electron chi connectivity index (χ0n) is 10.1. The number of hydrogen-bond donors (Lipinski definition) is 1. The van der Waals surface area contributed by atoms with Crippen molar-refractivity contribution in [3.8, 4) is 0 Å². The fourth-order valence-electron chi connectivity index (χ4n) is 2.51. The van der Waals surface area contributed by atoms with Crippen molar-refractivity contribution in [2.75, 3.05) is 13.1 Å². The maximum atomic E-state index is 13.2. The summed E-state index contributed by atoms with van der Waals surface area (Å²) in [6.07, 6.45) is 2.23. The van der Waals surface area contributed by atoms with E-state index >= 15 is 0 Å². The molecule has 2 unspecified atom stereocenters. The first kappa shape index (κ1) is 11.6. The van der Waals surface area contributed by atoms with Gasteiger partial charge in [0.15, 0.2) is 0 Å². The predicted molar refractivity (Wildman–Crippen MR) is 65.0 cm³/mol.